The summed E-state index contributed by atoms with van der Waals surface area (Å²) in [6.45, 7) is 7.42. The van der Waals surface area contributed by atoms with Gasteiger partial charge < -0.3 is 0 Å². The molecule has 1 aromatic heterocycles. The molecular formula is C20H30F3N3O2S. The fourth-order valence-electron chi connectivity index (χ4n) is 5.51. The standard InChI is InChI=1S/C20H30F3N3O2S/c1-18(2,3)26-16(10-17(24-26)20(21,22)23)14-4-6-15(7-5-14)25-9-8-19(11-25)12-29(27,28)13-19/h10,14-15H,4-9,11-13H2,1-3H3. The van der Waals surface area contributed by atoms with Crippen molar-refractivity contribution in [2.75, 3.05) is 24.6 Å². The minimum Gasteiger partial charge on any atom is -0.300 e. The van der Waals surface area contributed by atoms with Crippen LogP contribution in [0.15, 0.2) is 6.07 Å². The topological polar surface area (TPSA) is 55.2 Å². The first-order valence-corrected chi connectivity index (χ1v) is 12.2. The first-order valence-electron chi connectivity index (χ1n) is 10.4. The maximum Gasteiger partial charge on any atom is 0.435 e. The molecule has 0 bridgehead atoms. The molecule has 0 radical (unpaired) electrons. The molecule has 0 amide bonds. The largest absolute Gasteiger partial charge is 0.435 e. The quantitative estimate of drug-likeness (QED) is 0.712. The van der Waals surface area contributed by atoms with E-state index in [1.807, 2.05) is 20.8 Å². The van der Waals surface area contributed by atoms with Gasteiger partial charge >= 0.3 is 6.18 Å². The van der Waals surface area contributed by atoms with E-state index in [4.69, 9.17) is 0 Å². The Labute approximate surface area is 170 Å². The van der Waals surface area contributed by atoms with Crippen LogP contribution in [-0.4, -0.2) is 53.7 Å². The van der Waals surface area contributed by atoms with Crippen LogP contribution < -0.4 is 0 Å². The van der Waals surface area contributed by atoms with Crippen LogP contribution >= 0.6 is 0 Å². The average molecular weight is 434 g/mol. The summed E-state index contributed by atoms with van der Waals surface area (Å²) in [5.74, 6) is 0.711. The van der Waals surface area contributed by atoms with Crippen LogP contribution in [0.3, 0.4) is 0 Å². The lowest BCUT2D eigenvalue weighted by Crippen LogP contribution is -2.51. The van der Waals surface area contributed by atoms with Crippen LogP contribution in [0.2, 0.25) is 0 Å². The van der Waals surface area contributed by atoms with Gasteiger partial charge in [0, 0.05) is 29.6 Å². The lowest BCUT2D eigenvalue weighted by Gasteiger charge is -2.40. The Morgan fingerprint density at radius 2 is 1.72 bits per heavy atom. The predicted molar refractivity (Wildman–Crippen MR) is 104 cm³/mol. The fourth-order valence-corrected chi connectivity index (χ4v) is 7.76. The van der Waals surface area contributed by atoms with Crippen LogP contribution in [0.5, 0.6) is 0 Å². The van der Waals surface area contributed by atoms with Gasteiger partial charge in [0.15, 0.2) is 15.5 Å². The van der Waals surface area contributed by atoms with Gasteiger partial charge in [-0.3, -0.25) is 9.58 Å². The number of sulfone groups is 1. The molecule has 3 heterocycles. The van der Waals surface area contributed by atoms with Crippen molar-refractivity contribution in [3.05, 3.63) is 17.5 Å². The molecule has 164 valence electrons. The molecule has 29 heavy (non-hydrogen) atoms. The van der Waals surface area contributed by atoms with Crippen molar-refractivity contribution >= 4 is 9.84 Å². The summed E-state index contributed by atoms with van der Waals surface area (Å²) >= 11 is 0. The molecule has 9 heteroatoms. The van der Waals surface area contributed by atoms with Crippen molar-refractivity contribution in [3.63, 3.8) is 0 Å². The lowest BCUT2D eigenvalue weighted by atomic mass is 9.82. The Kier molecular flexibility index (Phi) is 4.89. The average Bonchev–Trinajstić information content (AvgIpc) is 3.18. The second kappa shape index (κ2) is 6.70. The summed E-state index contributed by atoms with van der Waals surface area (Å²) in [5.41, 5.74) is -0.669. The van der Waals surface area contributed by atoms with Gasteiger partial charge in [-0.25, -0.2) is 8.42 Å². The van der Waals surface area contributed by atoms with E-state index in [1.165, 1.54) is 6.07 Å². The van der Waals surface area contributed by atoms with Gasteiger partial charge in [0.05, 0.1) is 17.0 Å². The summed E-state index contributed by atoms with van der Waals surface area (Å²) in [7, 11) is -2.83. The highest BCUT2D eigenvalue weighted by Gasteiger charge is 2.53. The van der Waals surface area contributed by atoms with Gasteiger partial charge in [0.2, 0.25) is 0 Å². The van der Waals surface area contributed by atoms with Gasteiger partial charge in [0.1, 0.15) is 0 Å². The summed E-state index contributed by atoms with van der Waals surface area (Å²) in [5, 5.41) is 3.90. The highest BCUT2D eigenvalue weighted by molar-refractivity contribution is 7.92. The van der Waals surface area contributed by atoms with E-state index in [2.05, 4.69) is 10.00 Å². The second-order valence-electron chi connectivity index (χ2n) is 10.3. The minimum atomic E-state index is -4.44. The Morgan fingerprint density at radius 1 is 1.10 bits per heavy atom. The minimum absolute atomic E-state index is 0.0395. The van der Waals surface area contributed by atoms with Crippen molar-refractivity contribution in [2.45, 2.75) is 76.6 Å². The maximum atomic E-state index is 13.2. The Morgan fingerprint density at radius 3 is 2.24 bits per heavy atom. The number of aromatic nitrogens is 2. The molecule has 1 aromatic rings. The maximum absolute atomic E-state index is 13.2. The van der Waals surface area contributed by atoms with Gasteiger partial charge in [-0.15, -0.1) is 0 Å². The van der Waals surface area contributed by atoms with Gasteiger partial charge in [-0.05, 0) is 65.5 Å². The highest BCUT2D eigenvalue weighted by Crippen LogP contribution is 2.45. The van der Waals surface area contributed by atoms with Crippen LogP contribution in [-0.2, 0) is 21.6 Å². The molecule has 2 saturated heterocycles. The number of rotatable bonds is 2. The first-order chi connectivity index (χ1) is 13.3. The molecule has 1 saturated carbocycles. The van der Waals surface area contributed by atoms with E-state index in [9.17, 15) is 21.6 Å². The third-order valence-electron chi connectivity index (χ3n) is 6.81. The van der Waals surface area contributed by atoms with Crippen LogP contribution in [0.4, 0.5) is 13.2 Å². The van der Waals surface area contributed by atoms with E-state index in [0.29, 0.717) is 23.2 Å². The Bertz CT molecular complexity index is 866. The fraction of sp³-hybridized carbons (Fsp3) is 0.850. The predicted octanol–water partition coefficient (Wildman–Crippen LogP) is 3.80. The zero-order chi connectivity index (χ0) is 21.2. The monoisotopic (exact) mass is 433 g/mol. The number of alkyl halides is 3. The van der Waals surface area contributed by atoms with Crippen molar-refractivity contribution in [1.82, 2.24) is 14.7 Å². The van der Waals surface area contributed by atoms with Gasteiger partial charge in [0.25, 0.3) is 0 Å². The van der Waals surface area contributed by atoms with Crippen molar-refractivity contribution < 1.29 is 21.6 Å². The van der Waals surface area contributed by atoms with Crippen molar-refractivity contribution in [3.8, 4) is 0 Å². The van der Waals surface area contributed by atoms with Gasteiger partial charge in [-0.1, -0.05) is 0 Å². The Hall–Kier alpha value is -1.09. The number of hydrogen-bond acceptors (Lipinski definition) is 4. The zero-order valence-corrected chi connectivity index (χ0v) is 18.1. The van der Waals surface area contributed by atoms with E-state index in [0.717, 1.165) is 45.2 Å². The molecule has 1 spiro atoms. The molecule has 2 aliphatic heterocycles. The first kappa shape index (κ1) is 21.2. The second-order valence-corrected chi connectivity index (χ2v) is 12.4. The third kappa shape index (κ3) is 4.09. The smallest absolute Gasteiger partial charge is 0.300 e. The van der Waals surface area contributed by atoms with Crippen LogP contribution in [0.25, 0.3) is 0 Å². The van der Waals surface area contributed by atoms with Crippen LogP contribution in [0, 0.1) is 5.41 Å². The lowest BCUT2D eigenvalue weighted by molar-refractivity contribution is -0.141. The molecular weight excluding hydrogens is 403 g/mol. The molecule has 3 aliphatic rings. The SMILES string of the molecule is CC(C)(C)n1nc(C(F)(F)F)cc1C1CCC(N2CCC3(C2)CS(=O)(=O)C3)CC1. The molecule has 4 rings (SSSR count). The number of hydrogen-bond donors (Lipinski definition) is 0. The molecule has 0 N–H and O–H groups in total. The summed E-state index contributed by atoms with van der Waals surface area (Å²) in [6.07, 6.45) is 0.0543. The zero-order valence-electron chi connectivity index (χ0n) is 17.3. The van der Waals surface area contributed by atoms with E-state index >= 15 is 0 Å². The van der Waals surface area contributed by atoms with Crippen LogP contribution in [0.1, 0.15) is 70.2 Å². The number of nitrogens with zero attached hydrogens (tertiary/aromatic N) is 3. The van der Waals surface area contributed by atoms with E-state index in [-0.39, 0.29) is 11.3 Å². The van der Waals surface area contributed by atoms with E-state index < -0.39 is 27.2 Å². The Balaban J connectivity index is 1.43. The summed E-state index contributed by atoms with van der Waals surface area (Å²) < 4.78 is 64.5. The third-order valence-corrected chi connectivity index (χ3v) is 8.92. The summed E-state index contributed by atoms with van der Waals surface area (Å²) in [4.78, 5) is 2.42. The van der Waals surface area contributed by atoms with Crippen molar-refractivity contribution in [1.29, 1.82) is 0 Å². The molecule has 3 fully saturated rings. The molecule has 0 aromatic carbocycles. The molecule has 0 atom stereocenters. The molecule has 1 aliphatic carbocycles. The normalized spacial score (nSPS) is 29.9. The summed E-state index contributed by atoms with van der Waals surface area (Å²) in [6, 6.07) is 1.64. The van der Waals surface area contributed by atoms with E-state index in [1.54, 1.807) is 4.68 Å². The molecule has 0 unspecified atom stereocenters. The van der Waals surface area contributed by atoms with Gasteiger partial charge in [-0.2, -0.15) is 18.3 Å². The van der Waals surface area contributed by atoms with Crippen molar-refractivity contribution in [2.24, 2.45) is 5.41 Å². The number of likely N-dealkylation sites (tertiary alicyclic amines) is 1. The number of halogens is 3. The molecule has 5 nitrogen and oxygen atoms in total. The highest BCUT2D eigenvalue weighted by atomic mass is 32.2.